The van der Waals surface area contributed by atoms with Crippen LogP contribution in [0.15, 0.2) is 0 Å². The van der Waals surface area contributed by atoms with Crippen molar-refractivity contribution in [3.63, 3.8) is 0 Å². The minimum absolute atomic E-state index is 0.112. The Balaban J connectivity index is 2.03. The summed E-state index contributed by atoms with van der Waals surface area (Å²) in [5, 5.41) is 2.87. The van der Waals surface area contributed by atoms with Gasteiger partial charge in [-0.15, -0.1) is 0 Å². The zero-order valence-electron chi connectivity index (χ0n) is 9.65. The molecular formula is C12H21F2N. The predicted octanol–water partition coefficient (Wildman–Crippen LogP) is 3.06. The quantitative estimate of drug-likeness (QED) is 0.711. The van der Waals surface area contributed by atoms with Gasteiger partial charge in [-0.1, -0.05) is 13.8 Å². The summed E-state index contributed by atoms with van der Waals surface area (Å²) in [5.41, 5.74) is -0.710. The third kappa shape index (κ3) is 1.79. The smallest absolute Gasteiger partial charge is 0.267 e. The van der Waals surface area contributed by atoms with E-state index in [2.05, 4.69) is 19.2 Å². The summed E-state index contributed by atoms with van der Waals surface area (Å²) in [7, 11) is 0. The highest BCUT2D eigenvalue weighted by Gasteiger charge is 2.57. The Morgan fingerprint density at radius 2 is 1.73 bits per heavy atom. The first-order valence-electron chi connectivity index (χ1n) is 6.05. The summed E-state index contributed by atoms with van der Waals surface area (Å²) < 4.78 is 27.5. The third-order valence-electron chi connectivity index (χ3n) is 4.52. The zero-order chi connectivity index (χ0) is 11.1. The van der Waals surface area contributed by atoms with Crippen molar-refractivity contribution in [2.24, 2.45) is 17.3 Å². The maximum Gasteiger partial charge on any atom is 0.267 e. The van der Waals surface area contributed by atoms with Crippen LogP contribution in [0.4, 0.5) is 8.78 Å². The number of halogens is 2. The molecule has 2 rings (SSSR count). The lowest BCUT2D eigenvalue weighted by molar-refractivity contribution is -0.107. The monoisotopic (exact) mass is 217 g/mol. The van der Waals surface area contributed by atoms with Gasteiger partial charge < -0.3 is 5.32 Å². The molecule has 1 nitrogen and oxygen atoms in total. The van der Waals surface area contributed by atoms with E-state index in [9.17, 15) is 8.78 Å². The van der Waals surface area contributed by atoms with Crippen molar-refractivity contribution < 1.29 is 8.78 Å². The molecule has 1 heterocycles. The van der Waals surface area contributed by atoms with E-state index in [-0.39, 0.29) is 6.54 Å². The summed E-state index contributed by atoms with van der Waals surface area (Å²) in [6.45, 7) is 4.81. The average molecular weight is 217 g/mol. The summed E-state index contributed by atoms with van der Waals surface area (Å²) in [6, 6.07) is 0. The third-order valence-corrected chi connectivity index (χ3v) is 4.52. The Kier molecular flexibility index (Phi) is 2.78. The lowest BCUT2D eigenvalue weighted by atomic mass is 9.66. The molecule has 1 spiro atoms. The molecule has 1 saturated carbocycles. The first kappa shape index (κ1) is 11.3. The molecule has 0 amide bonds. The Morgan fingerprint density at radius 3 is 2.13 bits per heavy atom. The maximum absolute atomic E-state index is 13.8. The Hall–Kier alpha value is -0.180. The van der Waals surface area contributed by atoms with Crippen LogP contribution in [-0.2, 0) is 0 Å². The van der Waals surface area contributed by atoms with E-state index in [4.69, 9.17) is 0 Å². The zero-order valence-corrected chi connectivity index (χ0v) is 9.65. The molecule has 0 atom stereocenters. The molecule has 0 aromatic rings. The summed E-state index contributed by atoms with van der Waals surface area (Å²) in [5.74, 6) is -1.17. The molecule has 3 heteroatoms. The number of nitrogens with one attached hydrogen (secondary N) is 1. The van der Waals surface area contributed by atoms with Crippen LogP contribution in [0.5, 0.6) is 0 Å². The number of hydrogen-bond acceptors (Lipinski definition) is 1. The minimum Gasteiger partial charge on any atom is -0.310 e. The van der Waals surface area contributed by atoms with E-state index in [0.717, 1.165) is 12.8 Å². The van der Waals surface area contributed by atoms with Gasteiger partial charge in [-0.25, -0.2) is 8.78 Å². The van der Waals surface area contributed by atoms with Crippen LogP contribution in [0.2, 0.25) is 0 Å². The standard InChI is InChI=1S/C12H21F2N/c1-9(2)10-3-5-11(6-4-10)7-15-8-12(11,13)14/h9-10,15H,3-8H2,1-2H3. The minimum atomic E-state index is -2.48. The van der Waals surface area contributed by atoms with Crippen molar-refractivity contribution in [1.82, 2.24) is 5.32 Å². The van der Waals surface area contributed by atoms with Crippen molar-refractivity contribution in [3.05, 3.63) is 0 Å². The van der Waals surface area contributed by atoms with E-state index in [0.29, 0.717) is 31.2 Å². The molecule has 0 bridgehead atoms. The molecule has 88 valence electrons. The normalized spacial score (nSPS) is 40.2. The molecule has 0 aromatic carbocycles. The van der Waals surface area contributed by atoms with Crippen LogP contribution in [0.1, 0.15) is 39.5 Å². The Labute approximate surface area is 90.6 Å². The maximum atomic E-state index is 13.8. The average Bonchev–Trinajstić information content (AvgIpc) is 2.43. The van der Waals surface area contributed by atoms with Gasteiger partial charge in [-0.3, -0.25) is 0 Å². The first-order valence-corrected chi connectivity index (χ1v) is 6.05. The highest BCUT2D eigenvalue weighted by Crippen LogP contribution is 2.52. The molecule has 0 radical (unpaired) electrons. The van der Waals surface area contributed by atoms with Gasteiger partial charge in [0.1, 0.15) is 0 Å². The lowest BCUT2D eigenvalue weighted by Gasteiger charge is -2.41. The molecule has 1 N–H and O–H groups in total. The summed E-state index contributed by atoms with van der Waals surface area (Å²) in [6.07, 6.45) is 3.37. The molecule has 1 aliphatic heterocycles. The van der Waals surface area contributed by atoms with Crippen LogP contribution < -0.4 is 5.32 Å². The van der Waals surface area contributed by atoms with Crippen molar-refractivity contribution in [2.45, 2.75) is 45.5 Å². The molecule has 1 saturated heterocycles. The van der Waals surface area contributed by atoms with Gasteiger partial charge in [0.05, 0.1) is 6.54 Å². The molecule has 2 fully saturated rings. The lowest BCUT2D eigenvalue weighted by Crippen LogP contribution is -2.43. The fraction of sp³-hybridized carbons (Fsp3) is 1.00. The van der Waals surface area contributed by atoms with Gasteiger partial charge in [0.15, 0.2) is 0 Å². The second-order valence-corrected chi connectivity index (χ2v) is 5.67. The van der Waals surface area contributed by atoms with Crippen LogP contribution in [0.3, 0.4) is 0 Å². The highest BCUT2D eigenvalue weighted by molar-refractivity contribution is 5.03. The number of hydrogen-bond donors (Lipinski definition) is 1. The van der Waals surface area contributed by atoms with Crippen LogP contribution >= 0.6 is 0 Å². The van der Waals surface area contributed by atoms with E-state index in [1.807, 2.05) is 0 Å². The Morgan fingerprint density at radius 1 is 1.13 bits per heavy atom. The van der Waals surface area contributed by atoms with Gasteiger partial charge in [-0.05, 0) is 37.5 Å². The van der Waals surface area contributed by atoms with E-state index < -0.39 is 11.3 Å². The summed E-state index contributed by atoms with van der Waals surface area (Å²) in [4.78, 5) is 0. The second kappa shape index (κ2) is 3.69. The molecule has 0 aromatic heterocycles. The van der Waals surface area contributed by atoms with Gasteiger partial charge in [-0.2, -0.15) is 0 Å². The first-order chi connectivity index (χ1) is 6.97. The van der Waals surface area contributed by atoms with Gasteiger partial charge >= 0.3 is 0 Å². The second-order valence-electron chi connectivity index (χ2n) is 5.67. The molecule has 0 unspecified atom stereocenters. The van der Waals surface area contributed by atoms with Crippen LogP contribution in [0.25, 0.3) is 0 Å². The summed E-state index contributed by atoms with van der Waals surface area (Å²) >= 11 is 0. The number of alkyl halides is 2. The number of rotatable bonds is 1. The van der Waals surface area contributed by atoms with E-state index in [1.165, 1.54) is 0 Å². The fourth-order valence-corrected chi connectivity index (χ4v) is 3.18. The van der Waals surface area contributed by atoms with E-state index >= 15 is 0 Å². The fourth-order valence-electron chi connectivity index (χ4n) is 3.18. The van der Waals surface area contributed by atoms with Crippen LogP contribution in [-0.4, -0.2) is 19.0 Å². The molecule has 15 heavy (non-hydrogen) atoms. The van der Waals surface area contributed by atoms with Crippen molar-refractivity contribution >= 4 is 0 Å². The van der Waals surface area contributed by atoms with Gasteiger partial charge in [0.2, 0.25) is 0 Å². The van der Waals surface area contributed by atoms with Gasteiger partial charge in [0.25, 0.3) is 5.92 Å². The predicted molar refractivity (Wildman–Crippen MR) is 57.0 cm³/mol. The highest BCUT2D eigenvalue weighted by atomic mass is 19.3. The van der Waals surface area contributed by atoms with Crippen LogP contribution in [0, 0.1) is 17.3 Å². The van der Waals surface area contributed by atoms with Crippen molar-refractivity contribution in [3.8, 4) is 0 Å². The molecule has 2 aliphatic rings. The topological polar surface area (TPSA) is 12.0 Å². The van der Waals surface area contributed by atoms with Gasteiger partial charge in [0, 0.05) is 12.0 Å². The SMILES string of the molecule is CC(C)C1CCC2(CC1)CNCC2(F)F. The van der Waals surface area contributed by atoms with Crippen molar-refractivity contribution in [2.75, 3.05) is 13.1 Å². The largest absolute Gasteiger partial charge is 0.310 e. The Bertz CT molecular complexity index is 230. The molecular weight excluding hydrogens is 196 g/mol. The van der Waals surface area contributed by atoms with E-state index in [1.54, 1.807) is 0 Å². The molecule has 1 aliphatic carbocycles. The van der Waals surface area contributed by atoms with Crippen molar-refractivity contribution in [1.29, 1.82) is 0 Å².